The SMILES string of the molecule is [2H]c1c([2H])c([2H])c(-c2c(-c3c4ccccc4c(-c4c([2H])c([2H])c5c([2H])c([2H])c([2H])c([2H])c5c4[2H])c4ccccc34)c([2H])c3oc4c([2H])c([2H])c([2H])c([2H])c4c3c2[2H])c([2H])c1[2H]. The molecule has 1 aromatic heterocycles. The molecule has 0 aliphatic heterocycles. The van der Waals surface area contributed by atoms with Gasteiger partial charge in [-0.2, -0.15) is 0 Å². The van der Waals surface area contributed by atoms with Crippen molar-refractivity contribution < 1.29 is 29.1 Å². The third kappa shape index (κ3) is 3.72. The van der Waals surface area contributed by atoms with Gasteiger partial charge in [0.05, 0.1) is 24.7 Å². The lowest BCUT2D eigenvalue weighted by atomic mass is 9.83. The van der Waals surface area contributed by atoms with Crippen LogP contribution in [0.15, 0.2) is 162 Å². The fraction of sp³-hybridized carbons (Fsp3) is 0. The molecule has 0 spiro atoms. The van der Waals surface area contributed by atoms with Gasteiger partial charge in [-0.25, -0.2) is 0 Å². The molecule has 0 N–H and O–H groups in total. The Morgan fingerprint density at radius 3 is 1.77 bits per heavy atom. The van der Waals surface area contributed by atoms with Gasteiger partial charge in [0.25, 0.3) is 0 Å². The van der Waals surface area contributed by atoms with E-state index in [1.807, 2.05) is 0 Å². The van der Waals surface area contributed by atoms with Gasteiger partial charge in [-0.15, -0.1) is 0 Å². The standard InChI is InChI=1S/C42H26O/c1-2-13-28(14-3-1)36-25-37-31-16-10-11-21-39(31)43-40(37)26-38(36)42-34-19-8-6-17-32(34)41(33-18-7-9-20-35(33)42)30-23-22-27-12-4-5-15-29(27)24-30/h1-26H/i1D,2D,3D,4D,5D,10D,11D,12D,13D,14D,15D,16D,21D,22D,23D,24D,25D,26D. The number of hydrogen-bond donors (Lipinski definition) is 0. The highest BCUT2D eigenvalue weighted by molar-refractivity contribution is 6.23. The highest BCUT2D eigenvalue weighted by Crippen LogP contribution is 2.48. The molecular formula is C42H26O. The molecule has 1 heterocycles. The lowest BCUT2D eigenvalue weighted by Crippen LogP contribution is -1.93. The summed E-state index contributed by atoms with van der Waals surface area (Å²) in [5.41, 5.74) is -1.36. The van der Waals surface area contributed by atoms with E-state index in [1.54, 1.807) is 48.5 Å². The van der Waals surface area contributed by atoms with Crippen LogP contribution in [0.5, 0.6) is 0 Å². The van der Waals surface area contributed by atoms with Gasteiger partial charge in [0.15, 0.2) is 0 Å². The fourth-order valence-electron chi connectivity index (χ4n) is 5.71. The fourth-order valence-corrected chi connectivity index (χ4v) is 5.71. The van der Waals surface area contributed by atoms with Crippen molar-refractivity contribution in [3.05, 3.63) is 157 Å². The highest BCUT2D eigenvalue weighted by atomic mass is 16.3. The number of benzene rings is 8. The van der Waals surface area contributed by atoms with E-state index in [0.717, 1.165) is 0 Å². The van der Waals surface area contributed by atoms with Gasteiger partial charge < -0.3 is 4.42 Å². The molecule has 0 atom stereocenters. The van der Waals surface area contributed by atoms with Crippen LogP contribution in [0.1, 0.15) is 24.7 Å². The van der Waals surface area contributed by atoms with Crippen molar-refractivity contribution in [1.29, 1.82) is 0 Å². The van der Waals surface area contributed by atoms with Crippen LogP contribution in [0.3, 0.4) is 0 Å². The normalized spacial score (nSPS) is 17.6. The Labute approximate surface area is 274 Å². The predicted octanol–water partition coefficient (Wildman–Crippen LogP) is 12.0. The zero-order valence-electron chi connectivity index (χ0n) is 40.0. The third-order valence-corrected chi connectivity index (χ3v) is 7.50. The average molecular weight is 565 g/mol. The second-order valence-corrected chi connectivity index (χ2v) is 9.85. The van der Waals surface area contributed by atoms with Crippen LogP contribution in [-0.4, -0.2) is 0 Å². The minimum absolute atomic E-state index is 0.129. The number of furan rings is 1. The minimum atomic E-state index is -0.733. The predicted molar refractivity (Wildman–Crippen MR) is 183 cm³/mol. The Bertz CT molecular complexity index is 3430. The molecule has 0 radical (unpaired) electrons. The van der Waals surface area contributed by atoms with Gasteiger partial charge >= 0.3 is 0 Å². The van der Waals surface area contributed by atoms with E-state index >= 15 is 0 Å². The summed E-state index contributed by atoms with van der Waals surface area (Å²) in [4.78, 5) is 0. The lowest BCUT2D eigenvalue weighted by molar-refractivity contribution is 0.669. The van der Waals surface area contributed by atoms with Crippen LogP contribution >= 0.6 is 0 Å². The van der Waals surface area contributed by atoms with E-state index in [-0.39, 0.29) is 60.5 Å². The van der Waals surface area contributed by atoms with Crippen LogP contribution in [0, 0.1) is 0 Å². The van der Waals surface area contributed by atoms with E-state index in [0.29, 0.717) is 21.5 Å². The van der Waals surface area contributed by atoms with Crippen molar-refractivity contribution in [2.24, 2.45) is 0 Å². The van der Waals surface area contributed by atoms with Crippen LogP contribution in [-0.2, 0) is 0 Å². The van der Waals surface area contributed by atoms with Crippen LogP contribution in [0.25, 0.3) is 87.6 Å². The van der Waals surface area contributed by atoms with Crippen molar-refractivity contribution in [1.82, 2.24) is 0 Å². The van der Waals surface area contributed by atoms with Crippen LogP contribution < -0.4 is 0 Å². The topological polar surface area (TPSA) is 13.1 Å². The second-order valence-electron chi connectivity index (χ2n) is 9.85. The molecule has 0 aliphatic rings. The monoisotopic (exact) mass is 564 g/mol. The Morgan fingerprint density at radius 2 is 1.02 bits per heavy atom. The maximum Gasteiger partial charge on any atom is 0.136 e. The zero-order chi connectivity index (χ0) is 44.0. The summed E-state index contributed by atoms with van der Waals surface area (Å²) in [6, 6.07) is 2.29. The molecule has 1 heteroatoms. The largest absolute Gasteiger partial charge is 0.456 e. The molecule has 0 saturated heterocycles. The summed E-state index contributed by atoms with van der Waals surface area (Å²) in [6.45, 7) is 0. The molecule has 43 heavy (non-hydrogen) atoms. The number of rotatable bonds is 3. The Kier molecular flexibility index (Phi) is 2.70. The smallest absolute Gasteiger partial charge is 0.136 e. The van der Waals surface area contributed by atoms with Gasteiger partial charge in [-0.1, -0.05) is 133 Å². The molecule has 0 amide bonds. The molecular weight excluding hydrogens is 520 g/mol. The first kappa shape index (κ1) is 12.3. The molecule has 9 aromatic rings. The second kappa shape index (κ2) is 9.44. The third-order valence-electron chi connectivity index (χ3n) is 7.50. The molecule has 0 aliphatic carbocycles. The van der Waals surface area contributed by atoms with E-state index in [9.17, 15) is 5.48 Å². The molecule has 0 saturated carbocycles. The Morgan fingerprint density at radius 1 is 0.395 bits per heavy atom. The van der Waals surface area contributed by atoms with Gasteiger partial charge in [-0.05, 0) is 89.9 Å². The summed E-state index contributed by atoms with van der Waals surface area (Å²) in [5.74, 6) is 0. The van der Waals surface area contributed by atoms with Gasteiger partial charge in [0, 0.05) is 10.8 Å². The molecule has 200 valence electrons. The minimum Gasteiger partial charge on any atom is -0.456 e. The first-order valence-corrected chi connectivity index (χ1v) is 13.3. The van der Waals surface area contributed by atoms with E-state index in [1.165, 1.54) is 0 Å². The van der Waals surface area contributed by atoms with Crippen LogP contribution in [0.4, 0.5) is 0 Å². The maximum atomic E-state index is 9.87. The van der Waals surface area contributed by atoms with E-state index in [4.69, 9.17) is 23.6 Å². The van der Waals surface area contributed by atoms with E-state index in [2.05, 4.69) is 0 Å². The van der Waals surface area contributed by atoms with Gasteiger partial charge in [0.1, 0.15) is 11.2 Å². The number of para-hydroxylation sites is 1. The molecule has 9 rings (SSSR count). The van der Waals surface area contributed by atoms with Gasteiger partial charge in [0.2, 0.25) is 0 Å². The molecule has 0 fully saturated rings. The summed E-state index contributed by atoms with van der Waals surface area (Å²) < 4.78 is 165. The van der Waals surface area contributed by atoms with Crippen LogP contribution in [0.2, 0.25) is 0 Å². The van der Waals surface area contributed by atoms with Crippen molar-refractivity contribution in [3.63, 3.8) is 0 Å². The summed E-state index contributed by atoms with van der Waals surface area (Å²) >= 11 is 0. The van der Waals surface area contributed by atoms with Crippen molar-refractivity contribution >= 4 is 54.3 Å². The number of hydrogen-bond acceptors (Lipinski definition) is 1. The molecule has 0 bridgehead atoms. The molecule has 1 nitrogen and oxygen atoms in total. The summed E-state index contributed by atoms with van der Waals surface area (Å²) in [5, 5.41) is 0.205. The van der Waals surface area contributed by atoms with E-state index < -0.39 is 114 Å². The summed E-state index contributed by atoms with van der Waals surface area (Å²) in [6.07, 6.45) is 0. The Balaban J connectivity index is 1.55. The van der Waals surface area contributed by atoms with Crippen molar-refractivity contribution in [3.8, 4) is 33.4 Å². The van der Waals surface area contributed by atoms with Crippen molar-refractivity contribution in [2.75, 3.05) is 0 Å². The quantitative estimate of drug-likeness (QED) is 0.195. The zero-order valence-corrected chi connectivity index (χ0v) is 22.0. The Hall–Kier alpha value is -5.66. The molecule has 0 unspecified atom stereocenters. The average Bonchev–Trinajstić information content (AvgIpc) is 3.67. The molecule has 8 aromatic carbocycles. The first-order chi connectivity index (χ1) is 28.8. The highest BCUT2D eigenvalue weighted by Gasteiger charge is 2.21. The lowest BCUT2D eigenvalue weighted by Gasteiger charge is -2.20. The number of fused-ring (bicyclic) bond motifs is 6. The van der Waals surface area contributed by atoms with Crippen molar-refractivity contribution in [2.45, 2.75) is 0 Å². The first-order valence-electron chi connectivity index (χ1n) is 22.3. The summed E-state index contributed by atoms with van der Waals surface area (Å²) in [7, 11) is 0. The van der Waals surface area contributed by atoms with Gasteiger partial charge in [-0.3, -0.25) is 0 Å². The maximum absolute atomic E-state index is 9.87.